The molecule has 0 saturated heterocycles. The second-order valence-electron chi connectivity index (χ2n) is 3.33. The Labute approximate surface area is 114 Å². The Bertz CT molecular complexity index is 446. The number of hydrogen-bond acceptors (Lipinski definition) is 7. The number of aliphatic carboxylic acids is 1. The zero-order valence-corrected chi connectivity index (χ0v) is 11.0. The average Bonchev–Trinajstić information content (AvgIpc) is 2.39. The van der Waals surface area contributed by atoms with Crippen molar-refractivity contribution in [2.45, 2.75) is 6.92 Å². The van der Waals surface area contributed by atoms with Gasteiger partial charge in [0.05, 0.1) is 7.11 Å². The predicted octanol–water partition coefficient (Wildman–Crippen LogP) is -0.167. The normalized spacial score (nSPS) is 11.0. The van der Waals surface area contributed by atoms with E-state index in [4.69, 9.17) is 5.11 Å². The lowest BCUT2D eigenvalue weighted by molar-refractivity contribution is -0.146. The molecule has 0 aliphatic carbocycles. The maximum absolute atomic E-state index is 11.2. The molecule has 0 aromatic carbocycles. The molecular weight excluding hydrogens is 272 g/mol. The molecule has 1 N–H and O–H groups in total. The van der Waals surface area contributed by atoms with E-state index in [1.54, 1.807) is 0 Å². The summed E-state index contributed by atoms with van der Waals surface area (Å²) >= 11 is 0. The van der Waals surface area contributed by atoms with Crippen LogP contribution in [0.1, 0.15) is 6.92 Å². The van der Waals surface area contributed by atoms with Gasteiger partial charge in [0.25, 0.3) is 0 Å². The zero-order chi connectivity index (χ0) is 15.5. The molecule has 0 rings (SSSR count). The first kappa shape index (κ1) is 17.4. The van der Waals surface area contributed by atoms with Gasteiger partial charge >= 0.3 is 23.9 Å². The minimum atomic E-state index is -1.26. The molecule has 110 valence electrons. The van der Waals surface area contributed by atoms with Gasteiger partial charge in [-0.3, -0.25) is 0 Å². The summed E-state index contributed by atoms with van der Waals surface area (Å²) in [6.45, 7) is 0.819. The van der Waals surface area contributed by atoms with Crippen LogP contribution in [0, 0.1) is 0 Å². The number of carbonyl (C=O) groups is 4. The van der Waals surface area contributed by atoms with Crippen molar-refractivity contribution in [3.05, 3.63) is 23.8 Å². The van der Waals surface area contributed by atoms with Crippen LogP contribution in [0.4, 0.5) is 0 Å². The monoisotopic (exact) mass is 286 g/mol. The fourth-order valence-corrected chi connectivity index (χ4v) is 0.887. The maximum atomic E-state index is 11.2. The Balaban J connectivity index is 3.95. The average molecular weight is 286 g/mol. The van der Waals surface area contributed by atoms with Crippen molar-refractivity contribution in [1.29, 1.82) is 0 Å². The third-order valence-corrected chi connectivity index (χ3v) is 1.78. The lowest BCUT2D eigenvalue weighted by Gasteiger charge is -2.04. The minimum absolute atomic E-state index is 0.0885. The highest BCUT2D eigenvalue weighted by Crippen LogP contribution is 1.96. The van der Waals surface area contributed by atoms with Crippen molar-refractivity contribution in [1.82, 2.24) is 0 Å². The topological polar surface area (TPSA) is 116 Å². The minimum Gasteiger partial charge on any atom is -0.478 e. The van der Waals surface area contributed by atoms with E-state index in [0.717, 1.165) is 19.3 Å². The molecule has 0 amide bonds. The van der Waals surface area contributed by atoms with Crippen molar-refractivity contribution in [2.75, 3.05) is 20.3 Å². The summed E-state index contributed by atoms with van der Waals surface area (Å²) in [5, 5.41) is 8.40. The van der Waals surface area contributed by atoms with Gasteiger partial charge < -0.3 is 19.3 Å². The molecule has 0 heterocycles. The molecule has 0 aromatic heterocycles. The Kier molecular flexibility index (Phi) is 8.08. The quantitative estimate of drug-likeness (QED) is 0.297. The third-order valence-electron chi connectivity index (χ3n) is 1.78. The molecule has 0 unspecified atom stereocenters. The Morgan fingerprint density at radius 1 is 1.00 bits per heavy atom. The number of carboxylic acids is 1. The van der Waals surface area contributed by atoms with Crippen LogP contribution < -0.4 is 0 Å². The first-order chi connectivity index (χ1) is 9.36. The van der Waals surface area contributed by atoms with Crippen LogP contribution in [0.2, 0.25) is 0 Å². The highest BCUT2D eigenvalue weighted by Gasteiger charge is 2.08. The Morgan fingerprint density at radius 2 is 1.55 bits per heavy atom. The van der Waals surface area contributed by atoms with Crippen molar-refractivity contribution >= 4 is 23.9 Å². The van der Waals surface area contributed by atoms with Crippen molar-refractivity contribution in [3.8, 4) is 0 Å². The van der Waals surface area contributed by atoms with Crippen LogP contribution in [0.25, 0.3) is 0 Å². The molecule has 0 atom stereocenters. The Hall–Kier alpha value is -2.64. The summed E-state index contributed by atoms with van der Waals surface area (Å²) in [4.78, 5) is 43.2. The second-order valence-corrected chi connectivity index (χ2v) is 3.33. The molecule has 0 radical (unpaired) electrons. The summed E-state index contributed by atoms with van der Waals surface area (Å²) in [7, 11) is 1.16. The van der Waals surface area contributed by atoms with Gasteiger partial charge in [0.15, 0.2) is 0 Å². The molecule has 20 heavy (non-hydrogen) atoms. The van der Waals surface area contributed by atoms with Crippen LogP contribution in [0.3, 0.4) is 0 Å². The van der Waals surface area contributed by atoms with E-state index in [9.17, 15) is 19.2 Å². The lowest BCUT2D eigenvalue weighted by atomic mass is 10.3. The standard InChI is InChI=1S/C12H14O8/c1-8(7-9(13)14)12(17)20-6-5-19-11(16)4-3-10(15)18-2/h3-4,7H,5-6H2,1-2H3,(H,13,14)/b4-3+,8-7+. The van der Waals surface area contributed by atoms with Crippen molar-refractivity contribution in [2.24, 2.45) is 0 Å². The van der Waals surface area contributed by atoms with Crippen LogP contribution in [-0.4, -0.2) is 49.3 Å². The van der Waals surface area contributed by atoms with Gasteiger partial charge in [0, 0.05) is 23.8 Å². The fraction of sp³-hybridized carbons (Fsp3) is 0.333. The highest BCUT2D eigenvalue weighted by molar-refractivity contribution is 5.95. The number of carboxylic acid groups (broad SMARTS) is 1. The number of esters is 3. The van der Waals surface area contributed by atoms with Crippen molar-refractivity contribution < 1.29 is 38.5 Å². The van der Waals surface area contributed by atoms with Crippen LogP contribution in [0.5, 0.6) is 0 Å². The molecule has 8 nitrogen and oxygen atoms in total. The molecule has 0 aromatic rings. The largest absolute Gasteiger partial charge is 0.478 e. The molecule has 0 bridgehead atoms. The van der Waals surface area contributed by atoms with E-state index in [0.29, 0.717) is 6.08 Å². The van der Waals surface area contributed by atoms with E-state index in [1.165, 1.54) is 6.92 Å². The highest BCUT2D eigenvalue weighted by atomic mass is 16.6. The second kappa shape index (κ2) is 9.31. The van der Waals surface area contributed by atoms with Gasteiger partial charge in [0.1, 0.15) is 13.2 Å². The molecule has 0 aliphatic rings. The fourth-order valence-electron chi connectivity index (χ4n) is 0.887. The summed E-state index contributed by atoms with van der Waals surface area (Å²) < 4.78 is 13.5. The van der Waals surface area contributed by atoms with Gasteiger partial charge in [-0.05, 0) is 6.92 Å². The number of rotatable bonds is 7. The third kappa shape index (κ3) is 8.45. The summed E-state index contributed by atoms with van der Waals surface area (Å²) in [6, 6.07) is 0. The summed E-state index contributed by atoms with van der Waals surface area (Å²) in [6.07, 6.45) is 2.45. The van der Waals surface area contributed by atoms with E-state index in [1.807, 2.05) is 0 Å². The number of methoxy groups -OCH3 is 1. The van der Waals surface area contributed by atoms with Crippen LogP contribution in [-0.2, 0) is 33.4 Å². The van der Waals surface area contributed by atoms with Gasteiger partial charge in [-0.15, -0.1) is 0 Å². The zero-order valence-electron chi connectivity index (χ0n) is 11.0. The molecule has 0 saturated carbocycles. The van der Waals surface area contributed by atoms with Crippen molar-refractivity contribution in [3.63, 3.8) is 0 Å². The maximum Gasteiger partial charge on any atom is 0.334 e. The molecule has 8 heteroatoms. The predicted molar refractivity (Wildman–Crippen MR) is 64.5 cm³/mol. The number of ether oxygens (including phenoxy) is 3. The smallest absolute Gasteiger partial charge is 0.334 e. The summed E-state index contributed by atoms with van der Waals surface area (Å²) in [5.41, 5.74) is -0.0885. The van der Waals surface area contributed by atoms with Crippen LogP contribution in [0.15, 0.2) is 23.8 Å². The molecular formula is C12H14O8. The van der Waals surface area contributed by atoms with Gasteiger partial charge in [0.2, 0.25) is 0 Å². The van der Waals surface area contributed by atoms with Gasteiger partial charge in [-0.2, -0.15) is 0 Å². The number of hydrogen-bond donors (Lipinski definition) is 1. The number of carbonyl (C=O) groups excluding carboxylic acids is 3. The van der Waals surface area contributed by atoms with E-state index in [2.05, 4.69) is 14.2 Å². The van der Waals surface area contributed by atoms with Gasteiger partial charge in [-0.1, -0.05) is 0 Å². The van der Waals surface area contributed by atoms with Gasteiger partial charge in [-0.25, -0.2) is 19.2 Å². The first-order valence-electron chi connectivity index (χ1n) is 5.38. The van der Waals surface area contributed by atoms with Crippen LogP contribution >= 0.6 is 0 Å². The van der Waals surface area contributed by atoms with E-state index < -0.39 is 23.9 Å². The van der Waals surface area contributed by atoms with E-state index in [-0.39, 0.29) is 18.8 Å². The molecule has 0 fully saturated rings. The first-order valence-corrected chi connectivity index (χ1v) is 5.38. The molecule has 0 aliphatic heterocycles. The molecule has 0 spiro atoms. The summed E-state index contributed by atoms with van der Waals surface area (Å²) in [5.74, 6) is -3.60. The SMILES string of the molecule is COC(=O)/C=C/C(=O)OCCOC(=O)/C(C)=C/C(=O)O. The lowest BCUT2D eigenvalue weighted by Crippen LogP contribution is -2.14. The van der Waals surface area contributed by atoms with E-state index >= 15 is 0 Å². The Morgan fingerprint density at radius 3 is 2.10 bits per heavy atom.